The number of benzene rings is 1. The van der Waals surface area contributed by atoms with Gasteiger partial charge in [-0.05, 0) is 43.7 Å². The molecular formula is C19H18F3N5. The Kier molecular flexibility index (Phi) is 5.25. The second-order valence-electron chi connectivity index (χ2n) is 5.88. The molecule has 0 aliphatic heterocycles. The minimum Gasteiger partial charge on any atom is -0.354 e. The van der Waals surface area contributed by atoms with Gasteiger partial charge in [0.05, 0.1) is 11.3 Å². The molecular weight excluding hydrogens is 355 g/mol. The molecule has 0 spiro atoms. The summed E-state index contributed by atoms with van der Waals surface area (Å²) in [6.07, 6.45) is -1.12. The average molecular weight is 373 g/mol. The Morgan fingerprint density at radius 1 is 1.00 bits per heavy atom. The summed E-state index contributed by atoms with van der Waals surface area (Å²) in [7, 11) is 0. The molecule has 8 heteroatoms. The van der Waals surface area contributed by atoms with E-state index < -0.39 is 11.7 Å². The normalized spacial score (nSPS) is 11.3. The predicted molar refractivity (Wildman–Crippen MR) is 98.9 cm³/mol. The highest BCUT2D eigenvalue weighted by Crippen LogP contribution is 2.33. The average Bonchev–Trinajstić information content (AvgIpc) is 2.63. The molecule has 0 aliphatic carbocycles. The Morgan fingerprint density at radius 2 is 1.74 bits per heavy atom. The predicted octanol–water partition coefficient (Wildman–Crippen LogP) is 5.04. The van der Waals surface area contributed by atoms with E-state index in [2.05, 4.69) is 25.6 Å². The third kappa shape index (κ3) is 4.52. The van der Waals surface area contributed by atoms with Crippen LogP contribution in [0.4, 0.5) is 30.6 Å². The number of aromatic nitrogens is 3. The molecule has 0 aliphatic rings. The van der Waals surface area contributed by atoms with E-state index in [1.54, 1.807) is 37.5 Å². The SMILES string of the molecule is CCNc1nc(Nc2cc(C(F)(F)F)ccc2C)cc(-c2ccncc2)n1. The molecule has 0 saturated heterocycles. The van der Waals surface area contributed by atoms with Crippen LogP contribution in [0.15, 0.2) is 48.8 Å². The minimum absolute atomic E-state index is 0.339. The van der Waals surface area contributed by atoms with Crippen LogP contribution in [0, 0.1) is 6.92 Å². The Morgan fingerprint density at radius 3 is 2.41 bits per heavy atom. The summed E-state index contributed by atoms with van der Waals surface area (Å²) < 4.78 is 39.1. The smallest absolute Gasteiger partial charge is 0.354 e. The zero-order valence-corrected chi connectivity index (χ0v) is 14.8. The van der Waals surface area contributed by atoms with Crippen LogP contribution in [-0.4, -0.2) is 21.5 Å². The number of pyridine rings is 1. The van der Waals surface area contributed by atoms with E-state index in [4.69, 9.17) is 0 Å². The molecule has 0 bridgehead atoms. The van der Waals surface area contributed by atoms with Crippen LogP contribution in [0.5, 0.6) is 0 Å². The van der Waals surface area contributed by atoms with Crippen molar-refractivity contribution in [2.24, 2.45) is 0 Å². The number of rotatable bonds is 5. The topological polar surface area (TPSA) is 62.7 Å². The second-order valence-corrected chi connectivity index (χ2v) is 5.88. The number of hydrogen-bond acceptors (Lipinski definition) is 5. The van der Waals surface area contributed by atoms with Crippen LogP contribution in [-0.2, 0) is 6.18 Å². The fourth-order valence-electron chi connectivity index (χ4n) is 2.49. The van der Waals surface area contributed by atoms with Crippen molar-refractivity contribution < 1.29 is 13.2 Å². The number of alkyl halides is 3. The van der Waals surface area contributed by atoms with E-state index in [9.17, 15) is 13.2 Å². The molecule has 0 atom stereocenters. The molecule has 0 radical (unpaired) electrons. The van der Waals surface area contributed by atoms with Crippen molar-refractivity contribution in [1.82, 2.24) is 15.0 Å². The van der Waals surface area contributed by atoms with Crippen LogP contribution in [0.1, 0.15) is 18.1 Å². The van der Waals surface area contributed by atoms with Crippen molar-refractivity contribution in [3.63, 3.8) is 0 Å². The van der Waals surface area contributed by atoms with Gasteiger partial charge in [0.2, 0.25) is 5.95 Å². The van der Waals surface area contributed by atoms with Gasteiger partial charge < -0.3 is 10.6 Å². The lowest BCUT2D eigenvalue weighted by Gasteiger charge is -2.14. The maximum absolute atomic E-state index is 13.0. The van der Waals surface area contributed by atoms with Gasteiger partial charge in [0.15, 0.2) is 0 Å². The van der Waals surface area contributed by atoms with Gasteiger partial charge in [0.1, 0.15) is 5.82 Å². The summed E-state index contributed by atoms with van der Waals surface area (Å²) in [4.78, 5) is 12.8. The first-order chi connectivity index (χ1) is 12.9. The lowest BCUT2D eigenvalue weighted by molar-refractivity contribution is -0.137. The highest BCUT2D eigenvalue weighted by atomic mass is 19.4. The molecule has 1 aromatic carbocycles. The summed E-state index contributed by atoms with van der Waals surface area (Å²) in [6, 6.07) is 8.87. The minimum atomic E-state index is -4.41. The Labute approximate surface area is 154 Å². The number of halogens is 3. The highest BCUT2D eigenvalue weighted by molar-refractivity contribution is 5.68. The second kappa shape index (κ2) is 7.61. The van der Waals surface area contributed by atoms with Crippen molar-refractivity contribution >= 4 is 17.5 Å². The lowest BCUT2D eigenvalue weighted by Crippen LogP contribution is -2.08. The Bertz CT molecular complexity index is 926. The van der Waals surface area contributed by atoms with Crippen molar-refractivity contribution in [2.45, 2.75) is 20.0 Å². The van der Waals surface area contributed by atoms with Crippen molar-refractivity contribution in [3.05, 3.63) is 59.9 Å². The molecule has 3 aromatic rings. The molecule has 27 heavy (non-hydrogen) atoms. The van der Waals surface area contributed by atoms with Gasteiger partial charge in [-0.1, -0.05) is 6.07 Å². The van der Waals surface area contributed by atoms with Gasteiger partial charge in [0.25, 0.3) is 0 Å². The van der Waals surface area contributed by atoms with Crippen molar-refractivity contribution in [1.29, 1.82) is 0 Å². The van der Waals surface area contributed by atoms with Crippen LogP contribution in [0.2, 0.25) is 0 Å². The molecule has 3 rings (SSSR count). The fraction of sp³-hybridized carbons (Fsp3) is 0.211. The first-order valence-corrected chi connectivity index (χ1v) is 8.35. The largest absolute Gasteiger partial charge is 0.416 e. The third-order valence-electron chi connectivity index (χ3n) is 3.86. The van der Waals surface area contributed by atoms with Gasteiger partial charge in [-0.15, -0.1) is 0 Å². The van der Waals surface area contributed by atoms with Crippen LogP contribution < -0.4 is 10.6 Å². The van der Waals surface area contributed by atoms with Gasteiger partial charge in [0, 0.05) is 36.3 Å². The Balaban J connectivity index is 2.01. The number of nitrogens with zero attached hydrogens (tertiary/aromatic N) is 3. The highest BCUT2D eigenvalue weighted by Gasteiger charge is 2.30. The zero-order chi connectivity index (χ0) is 19.4. The molecule has 0 amide bonds. The quantitative estimate of drug-likeness (QED) is 0.656. The number of nitrogens with one attached hydrogen (secondary N) is 2. The van der Waals surface area contributed by atoms with Crippen LogP contribution in [0.25, 0.3) is 11.3 Å². The molecule has 2 aromatic heterocycles. The standard InChI is InChI=1S/C19H18F3N5/c1-3-24-18-26-16(13-6-8-23-9-7-13)11-17(27-18)25-15-10-14(19(20,21)22)5-4-12(15)2/h4-11H,3H2,1-2H3,(H2,24,25,26,27). The van der Waals surface area contributed by atoms with Crippen LogP contribution in [0.3, 0.4) is 0 Å². The number of hydrogen-bond donors (Lipinski definition) is 2. The van der Waals surface area contributed by atoms with Gasteiger partial charge in [-0.3, -0.25) is 4.98 Å². The molecule has 2 heterocycles. The first-order valence-electron chi connectivity index (χ1n) is 8.35. The molecule has 5 nitrogen and oxygen atoms in total. The van der Waals surface area contributed by atoms with Gasteiger partial charge in [-0.2, -0.15) is 18.2 Å². The monoisotopic (exact) mass is 373 g/mol. The lowest BCUT2D eigenvalue weighted by atomic mass is 10.1. The van der Waals surface area contributed by atoms with Crippen molar-refractivity contribution in [3.8, 4) is 11.3 Å². The van der Waals surface area contributed by atoms with E-state index in [1.165, 1.54) is 6.07 Å². The molecule has 0 unspecified atom stereocenters. The summed E-state index contributed by atoms with van der Waals surface area (Å²) in [5.41, 5.74) is 1.76. The van der Waals surface area contributed by atoms with E-state index in [-0.39, 0.29) is 0 Å². The zero-order valence-electron chi connectivity index (χ0n) is 14.8. The van der Waals surface area contributed by atoms with E-state index in [0.717, 1.165) is 17.7 Å². The molecule has 0 fully saturated rings. The van der Waals surface area contributed by atoms with Crippen LogP contribution >= 0.6 is 0 Å². The number of aryl methyl sites for hydroxylation is 1. The van der Waals surface area contributed by atoms with Crippen molar-refractivity contribution in [2.75, 3.05) is 17.2 Å². The van der Waals surface area contributed by atoms with Gasteiger partial charge in [-0.25, -0.2) is 4.98 Å². The third-order valence-corrected chi connectivity index (χ3v) is 3.86. The maximum Gasteiger partial charge on any atom is 0.416 e. The van der Waals surface area contributed by atoms with Gasteiger partial charge >= 0.3 is 6.18 Å². The Hall–Kier alpha value is -3.16. The van der Waals surface area contributed by atoms with E-state index in [0.29, 0.717) is 35.3 Å². The van der Waals surface area contributed by atoms with E-state index in [1.807, 2.05) is 6.92 Å². The fourth-order valence-corrected chi connectivity index (χ4v) is 2.49. The maximum atomic E-state index is 13.0. The first kappa shape index (κ1) is 18.6. The summed E-state index contributed by atoms with van der Waals surface area (Å²) >= 11 is 0. The summed E-state index contributed by atoms with van der Waals surface area (Å²) in [6.45, 7) is 4.26. The summed E-state index contributed by atoms with van der Waals surface area (Å²) in [5.74, 6) is 0.786. The number of anilines is 3. The van der Waals surface area contributed by atoms with E-state index >= 15 is 0 Å². The molecule has 140 valence electrons. The molecule has 2 N–H and O–H groups in total. The summed E-state index contributed by atoms with van der Waals surface area (Å²) in [5, 5.41) is 6.02. The molecule has 0 saturated carbocycles.